The van der Waals surface area contributed by atoms with Crippen LogP contribution in [0.15, 0.2) is 105 Å². The molecule has 0 saturated heterocycles. The van der Waals surface area contributed by atoms with Gasteiger partial charge in [-0.1, -0.05) is 48.6 Å². The summed E-state index contributed by atoms with van der Waals surface area (Å²) in [4.78, 5) is 7.31. The van der Waals surface area contributed by atoms with Crippen molar-refractivity contribution in [1.29, 1.82) is 0 Å². The molecule has 10 nitrogen and oxygen atoms in total. The van der Waals surface area contributed by atoms with Crippen LogP contribution < -0.4 is 0 Å². The van der Waals surface area contributed by atoms with Gasteiger partial charge in [-0.15, -0.1) is 0 Å². The molecule has 4 aromatic rings. The zero-order chi connectivity index (χ0) is 28.9. The molecule has 0 radical (unpaired) electrons. The SMILES string of the molecule is O=S(=O)(O)c1cc(N=Cc2ccccc2O)ccc1C=Cc1ccc(N=Cc2ccccc2O)cc1S(=O)(=O)O. The molecule has 0 aliphatic rings. The van der Waals surface area contributed by atoms with Gasteiger partial charge in [0.25, 0.3) is 20.2 Å². The number of benzene rings is 4. The molecule has 0 amide bonds. The molecule has 0 heterocycles. The molecule has 0 unspecified atom stereocenters. The minimum absolute atomic E-state index is 0.0203. The second kappa shape index (κ2) is 11.6. The number of phenols is 2. The number of para-hydroxylation sites is 2. The first-order valence-electron chi connectivity index (χ1n) is 11.5. The van der Waals surface area contributed by atoms with Gasteiger partial charge in [-0.25, -0.2) is 0 Å². The standard InChI is InChI=1S/C28H22N2O8S2/c31-25-7-3-1-5-21(25)17-29-23-13-11-19(27(15-23)39(33,34)35)9-10-20-12-14-24(16-28(20)40(36,37)38)30-18-22-6-2-4-8-26(22)32/h1-18,31-32H,(H,33,34,35)(H,36,37,38). The summed E-state index contributed by atoms with van der Waals surface area (Å²) in [5, 5.41) is 19.7. The maximum atomic E-state index is 12.1. The summed E-state index contributed by atoms with van der Waals surface area (Å²) in [6.07, 6.45) is 5.17. The van der Waals surface area contributed by atoms with Gasteiger partial charge in [0.2, 0.25) is 0 Å². The van der Waals surface area contributed by atoms with Crippen LogP contribution in [0.5, 0.6) is 11.5 Å². The minimum atomic E-state index is -4.72. The summed E-state index contributed by atoms with van der Waals surface area (Å²) in [6, 6.07) is 20.7. The fourth-order valence-electron chi connectivity index (χ4n) is 3.59. The smallest absolute Gasteiger partial charge is 0.295 e. The van der Waals surface area contributed by atoms with Gasteiger partial charge in [-0.3, -0.25) is 19.1 Å². The van der Waals surface area contributed by atoms with E-state index in [0.717, 1.165) is 12.1 Å². The molecule has 4 aromatic carbocycles. The molecular weight excluding hydrogens is 556 g/mol. The summed E-state index contributed by atoms with van der Waals surface area (Å²) in [7, 11) is -9.43. The van der Waals surface area contributed by atoms with Crippen molar-refractivity contribution in [2.45, 2.75) is 9.79 Å². The first kappa shape index (κ1) is 28.4. The van der Waals surface area contributed by atoms with Crippen molar-refractivity contribution in [3.8, 4) is 11.5 Å². The number of nitrogens with zero attached hydrogens (tertiary/aromatic N) is 2. The molecule has 204 valence electrons. The number of aromatic hydroxyl groups is 2. The molecule has 0 fully saturated rings. The molecule has 0 aliphatic heterocycles. The van der Waals surface area contributed by atoms with E-state index in [4.69, 9.17) is 0 Å². The molecule has 0 saturated carbocycles. The van der Waals surface area contributed by atoms with E-state index in [1.54, 1.807) is 36.4 Å². The van der Waals surface area contributed by atoms with Crippen LogP contribution >= 0.6 is 0 Å². The molecule has 0 atom stereocenters. The van der Waals surface area contributed by atoms with E-state index in [9.17, 15) is 36.2 Å². The van der Waals surface area contributed by atoms with E-state index in [-0.39, 0.29) is 34.0 Å². The number of hydrogen-bond acceptors (Lipinski definition) is 8. The number of phenolic OH excluding ortho intramolecular Hbond substituents is 2. The Labute approximate surface area is 230 Å². The first-order valence-corrected chi connectivity index (χ1v) is 14.3. The van der Waals surface area contributed by atoms with Crippen LogP contribution in [-0.2, 0) is 20.2 Å². The Hall–Kier alpha value is -4.62. The van der Waals surface area contributed by atoms with Crippen LogP contribution in [0.2, 0.25) is 0 Å². The second-order valence-electron chi connectivity index (χ2n) is 8.36. The molecular formula is C28H22N2O8S2. The Balaban J connectivity index is 1.68. The molecule has 0 aliphatic carbocycles. The van der Waals surface area contributed by atoms with Gasteiger partial charge in [0.05, 0.1) is 11.4 Å². The van der Waals surface area contributed by atoms with E-state index < -0.39 is 30.0 Å². The lowest BCUT2D eigenvalue weighted by Crippen LogP contribution is -2.01. The zero-order valence-corrected chi connectivity index (χ0v) is 22.2. The molecule has 0 bridgehead atoms. The summed E-state index contributed by atoms with van der Waals surface area (Å²) in [6.45, 7) is 0. The topological polar surface area (TPSA) is 174 Å². The van der Waals surface area contributed by atoms with Crippen LogP contribution in [0, 0.1) is 0 Å². The molecule has 4 N–H and O–H groups in total. The van der Waals surface area contributed by atoms with Crippen molar-refractivity contribution < 1.29 is 36.2 Å². The van der Waals surface area contributed by atoms with Crippen molar-refractivity contribution in [3.63, 3.8) is 0 Å². The largest absolute Gasteiger partial charge is 0.507 e. The quantitative estimate of drug-likeness (QED) is 0.124. The van der Waals surface area contributed by atoms with Crippen LogP contribution in [0.1, 0.15) is 22.3 Å². The number of rotatable bonds is 8. The highest BCUT2D eigenvalue weighted by atomic mass is 32.2. The number of aliphatic imine (C=N–C) groups is 2. The third-order valence-corrected chi connectivity index (χ3v) is 7.39. The normalized spacial score (nSPS) is 12.6. The zero-order valence-electron chi connectivity index (χ0n) is 20.5. The summed E-state index contributed by atoms with van der Waals surface area (Å²) < 4.78 is 67.9. The van der Waals surface area contributed by atoms with Gasteiger partial charge >= 0.3 is 0 Å². The Kier molecular flexibility index (Phi) is 8.26. The van der Waals surface area contributed by atoms with Gasteiger partial charge in [-0.2, -0.15) is 16.8 Å². The molecule has 0 aromatic heterocycles. The average molecular weight is 579 g/mol. The molecule has 4 rings (SSSR count). The highest BCUT2D eigenvalue weighted by Crippen LogP contribution is 2.28. The van der Waals surface area contributed by atoms with Crippen molar-refractivity contribution in [2.75, 3.05) is 0 Å². The molecule has 0 spiro atoms. The van der Waals surface area contributed by atoms with E-state index in [1.807, 2.05) is 0 Å². The fraction of sp³-hybridized carbons (Fsp3) is 0. The van der Waals surface area contributed by atoms with E-state index in [2.05, 4.69) is 9.98 Å². The van der Waals surface area contributed by atoms with Gasteiger partial charge < -0.3 is 10.2 Å². The summed E-state index contributed by atoms with van der Waals surface area (Å²) >= 11 is 0. The summed E-state index contributed by atoms with van der Waals surface area (Å²) in [5.74, 6) is -0.0456. The van der Waals surface area contributed by atoms with Crippen molar-refractivity contribution in [3.05, 3.63) is 107 Å². The Morgan fingerprint density at radius 3 is 1.25 bits per heavy atom. The van der Waals surface area contributed by atoms with Gasteiger partial charge in [0.1, 0.15) is 21.3 Å². The lowest BCUT2D eigenvalue weighted by Gasteiger charge is -2.07. The highest BCUT2D eigenvalue weighted by Gasteiger charge is 2.17. The molecule has 40 heavy (non-hydrogen) atoms. The average Bonchev–Trinajstić information content (AvgIpc) is 2.90. The van der Waals surface area contributed by atoms with E-state index in [0.29, 0.717) is 11.1 Å². The fourth-order valence-corrected chi connectivity index (χ4v) is 5.00. The van der Waals surface area contributed by atoms with Gasteiger partial charge in [0, 0.05) is 23.6 Å². The van der Waals surface area contributed by atoms with Crippen LogP contribution in [0.4, 0.5) is 11.4 Å². The Morgan fingerprint density at radius 2 is 0.900 bits per heavy atom. The van der Waals surface area contributed by atoms with Crippen LogP contribution in [0.3, 0.4) is 0 Å². The first-order chi connectivity index (χ1) is 18.9. The van der Waals surface area contributed by atoms with Crippen molar-refractivity contribution >= 4 is 56.2 Å². The maximum Gasteiger partial charge on any atom is 0.295 e. The van der Waals surface area contributed by atoms with Gasteiger partial charge in [0.15, 0.2) is 0 Å². The lowest BCUT2D eigenvalue weighted by molar-refractivity contribution is 0.474. The lowest BCUT2D eigenvalue weighted by atomic mass is 10.1. The predicted molar refractivity (Wildman–Crippen MR) is 152 cm³/mol. The van der Waals surface area contributed by atoms with Crippen molar-refractivity contribution in [2.24, 2.45) is 9.98 Å². The predicted octanol–water partition coefficient (Wildman–Crippen LogP) is 5.26. The van der Waals surface area contributed by atoms with E-state index in [1.165, 1.54) is 61.0 Å². The maximum absolute atomic E-state index is 12.1. The second-order valence-corrected chi connectivity index (χ2v) is 11.1. The van der Waals surface area contributed by atoms with Crippen LogP contribution in [0.25, 0.3) is 12.2 Å². The van der Waals surface area contributed by atoms with E-state index >= 15 is 0 Å². The van der Waals surface area contributed by atoms with Crippen LogP contribution in [-0.4, -0.2) is 48.6 Å². The Bertz CT molecular complexity index is 1740. The summed E-state index contributed by atoms with van der Waals surface area (Å²) in [5.41, 5.74) is 1.16. The minimum Gasteiger partial charge on any atom is -0.507 e. The van der Waals surface area contributed by atoms with Crippen molar-refractivity contribution in [1.82, 2.24) is 0 Å². The van der Waals surface area contributed by atoms with Gasteiger partial charge in [-0.05, 0) is 59.7 Å². The third-order valence-electron chi connectivity index (χ3n) is 5.57. The molecule has 12 heteroatoms. The third kappa shape index (κ3) is 7.07. The monoisotopic (exact) mass is 578 g/mol. The number of hydrogen-bond donors (Lipinski definition) is 4. The highest BCUT2D eigenvalue weighted by molar-refractivity contribution is 7.86. The Morgan fingerprint density at radius 1 is 0.525 bits per heavy atom.